The van der Waals surface area contributed by atoms with Gasteiger partial charge in [0.2, 0.25) is 0 Å². The molecule has 0 radical (unpaired) electrons. The molecule has 0 amide bonds. The average molecular weight is 674 g/mol. The molecule has 14 atom stereocenters. The molecule has 11 heteroatoms. The zero-order valence-corrected chi connectivity index (χ0v) is 30.8. The minimum atomic E-state index is -1.06. The topological polar surface area (TPSA) is 119 Å². The quantitative estimate of drug-likeness (QED) is 0.341. The Morgan fingerprint density at radius 3 is 2.44 bits per heavy atom. The van der Waals surface area contributed by atoms with Crippen molar-refractivity contribution in [3.8, 4) is 0 Å². The van der Waals surface area contributed by atoms with Crippen LogP contribution in [0.15, 0.2) is 24.3 Å². The number of likely N-dealkylation sites (N-methyl/N-ethyl adjacent to an activating group) is 1. The van der Waals surface area contributed by atoms with E-state index >= 15 is 0 Å². The highest BCUT2D eigenvalue weighted by atomic mass is 16.7. The van der Waals surface area contributed by atoms with Crippen LogP contribution in [-0.2, 0) is 33.3 Å². The summed E-state index contributed by atoms with van der Waals surface area (Å²) in [7, 11) is 5.49. The number of Topliss-reactive ketones (excluding diaryl/α,β-unsaturated/α-hetero) is 1. The number of hydrogen-bond acceptors (Lipinski definition) is 11. The normalized spacial score (nSPS) is 44.0. The summed E-state index contributed by atoms with van der Waals surface area (Å²) in [4.78, 5) is 32.4. The van der Waals surface area contributed by atoms with Gasteiger partial charge in [-0.05, 0) is 85.0 Å². The highest BCUT2D eigenvalue weighted by molar-refractivity contribution is 6.00. The van der Waals surface area contributed by atoms with Crippen molar-refractivity contribution >= 4 is 23.1 Å². The molecule has 48 heavy (non-hydrogen) atoms. The SMILES string of the molecule is CC[C@@H]1OC(=O)[C@H](C)C(=O)[C@H](C)[C@@H](O[C@@H]2O[C@H](C)C[C@H](N(C)C)[C@H]2O)[C@@](C)(OC)C[C@@H](C)C2Nc3ccccc3N3CO[C@@]1(C)[C@H]3[C@@H]2C. The van der Waals surface area contributed by atoms with Crippen molar-refractivity contribution in [1.82, 2.24) is 4.90 Å². The number of carbonyl (C=O) groups excluding carboxylic acids is 2. The molecule has 2 N–H and O–H groups in total. The Kier molecular flexibility index (Phi) is 10.9. The fourth-order valence-corrected chi connectivity index (χ4v) is 9.19. The van der Waals surface area contributed by atoms with E-state index in [4.69, 9.17) is 23.7 Å². The monoisotopic (exact) mass is 673 g/mol. The number of cyclic esters (lactones) is 1. The molecule has 270 valence electrons. The van der Waals surface area contributed by atoms with Crippen LogP contribution in [0.4, 0.5) is 11.4 Å². The maximum Gasteiger partial charge on any atom is 0.316 e. The van der Waals surface area contributed by atoms with Crippen molar-refractivity contribution < 1.29 is 38.4 Å². The van der Waals surface area contributed by atoms with Gasteiger partial charge in [-0.1, -0.05) is 39.8 Å². The molecule has 0 saturated carbocycles. The van der Waals surface area contributed by atoms with Gasteiger partial charge < -0.3 is 43.9 Å². The van der Waals surface area contributed by atoms with Gasteiger partial charge in [-0.2, -0.15) is 0 Å². The molecule has 0 aromatic heterocycles. The number of nitrogens with zero attached hydrogens (tertiary/aromatic N) is 2. The van der Waals surface area contributed by atoms with Gasteiger partial charge >= 0.3 is 5.97 Å². The minimum Gasteiger partial charge on any atom is -0.459 e. The lowest BCUT2D eigenvalue weighted by molar-refractivity contribution is -0.295. The predicted molar refractivity (Wildman–Crippen MR) is 184 cm³/mol. The van der Waals surface area contributed by atoms with Crippen LogP contribution in [0.5, 0.6) is 0 Å². The first-order valence-corrected chi connectivity index (χ1v) is 17.8. The van der Waals surface area contributed by atoms with Gasteiger partial charge in [0, 0.05) is 25.1 Å². The minimum absolute atomic E-state index is 0.0184. The van der Waals surface area contributed by atoms with E-state index < -0.39 is 53.6 Å². The van der Waals surface area contributed by atoms with Crippen molar-refractivity contribution in [1.29, 1.82) is 0 Å². The van der Waals surface area contributed by atoms with Crippen molar-refractivity contribution in [2.75, 3.05) is 38.2 Å². The third-order valence-corrected chi connectivity index (χ3v) is 12.0. The van der Waals surface area contributed by atoms with Gasteiger partial charge in [0.1, 0.15) is 30.5 Å². The molecule has 4 aliphatic rings. The fraction of sp³-hybridized carbons (Fsp3) is 0.784. The summed E-state index contributed by atoms with van der Waals surface area (Å²) in [5.41, 5.74) is 0.217. The van der Waals surface area contributed by atoms with Gasteiger partial charge in [0.05, 0.1) is 35.2 Å². The van der Waals surface area contributed by atoms with E-state index in [0.717, 1.165) is 11.4 Å². The Hall–Kier alpha value is -2.28. The second kappa shape index (κ2) is 14.2. The van der Waals surface area contributed by atoms with Gasteiger partial charge in [-0.3, -0.25) is 9.59 Å². The number of ketones is 1. The maximum absolute atomic E-state index is 14.3. The molecular weight excluding hydrogens is 614 g/mol. The number of ether oxygens (including phenoxy) is 5. The third-order valence-electron chi connectivity index (χ3n) is 12.0. The van der Waals surface area contributed by atoms with Crippen LogP contribution >= 0.6 is 0 Å². The number of aliphatic hydroxyl groups is 1. The number of benzene rings is 1. The first-order chi connectivity index (χ1) is 22.6. The number of para-hydroxylation sites is 2. The summed E-state index contributed by atoms with van der Waals surface area (Å²) >= 11 is 0. The van der Waals surface area contributed by atoms with Crippen LogP contribution in [0.2, 0.25) is 0 Å². The van der Waals surface area contributed by atoms with Crippen LogP contribution in [0, 0.1) is 23.7 Å². The summed E-state index contributed by atoms with van der Waals surface area (Å²) < 4.78 is 32.2. The number of carbonyl (C=O) groups is 2. The Morgan fingerprint density at radius 1 is 1.10 bits per heavy atom. The molecule has 1 aromatic rings. The zero-order valence-electron chi connectivity index (χ0n) is 30.8. The standard InChI is InChI=1S/C37H59N3O8/c1-12-28-37(8)32-22(4)29(38-25-15-13-14-16-26(25)40(32)19-45-37)20(2)18-36(7,44-11)33(23(5)30(41)24(6)34(43)47-28)48-35-31(42)27(39(9)10)17-21(3)46-35/h13-16,20-24,27-29,31-33,35,38,42H,12,17-19H2,1-11H3/t20-,21-,22-,23+,24-,27+,28+,29?,31-,32-,33-,35+,36+,37-/m1/s1. The molecule has 5 rings (SSSR count). The molecule has 4 heterocycles. The molecule has 0 aliphatic carbocycles. The number of esters is 1. The van der Waals surface area contributed by atoms with Gasteiger partial charge in [0.15, 0.2) is 12.1 Å². The third kappa shape index (κ3) is 6.51. The fourth-order valence-electron chi connectivity index (χ4n) is 9.19. The smallest absolute Gasteiger partial charge is 0.316 e. The van der Waals surface area contributed by atoms with Crippen molar-refractivity contribution in [2.24, 2.45) is 23.7 Å². The van der Waals surface area contributed by atoms with Gasteiger partial charge in [-0.15, -0.1) is 0 Å². The summed E-state index contributed by atoms with van der Waals surface area (Å²) in [6.07, 6.45) is -1.87. The maximum atomic E-state index is 14.3. The highest BCUT2D eigenvalue weighted by Crippen LogP contribution is 2.48. The van der Waals surface area contributed by atoms with E-state index in [9.17, 15) is 14.7 Å². The largest absolute Gasteiger partial charge is 0.459 e. The second-order valence-electron chi connectivity index (χ2n) is 15.5. The number of methoxy groups -OCH3 is 1. The number of rotatable bonds is 5. The molecule has 3 saturated heterocycles. The first-order valence-electron chi connectivity index (χ1n) is 17.8. The van der Waals surface area contributed by atoms with Gasteiger partial charge in [-0.25, -0.2) is 0 Å². The lowest BCUT2D eigenvalue weighted by atomic mass is 9.71. The Labute approximate surface area is 286 Å². The zero-order chi connectivity index (χ0) is 35.3. The van der Waals surface area contributed by atoms with Crippen molar-refractivity contribution in [3.05, 3.63) is 24.3 Å². The first kappa shape index (κ1) is 37.0. The second-order valence-corrected chi connectivity index (χ2v) is 15.5. The van der Waals surface area contributed by atoms with Crippen LogP contribution in [0.3, 0.4) is 0 Å². The van der Waals surface area contributed by atoms with Crippen LogP contribution in [0.1, 0.15) is 74.7 Å². The van der Waals surface area contributed by atoms with E-state index in [1.807, 2.05) is 58.8 Å². The van der Waals surface area contributed by atoms with Crippen LogP contribution in [0.25, 0.3) is 0 Å². The summed E-state index contributed by atoms with van der Waals surface area (Å²) in [6, 6.07) is 7.88. The van der Waals surface area contributed by atoms with E-state index in [1.165, 1.54) is 0 Å². The molecular formula is C37H59N3O8. The molecule has 4 aliphatic heterocycles. The Balaban J connectivity index is 1.61. The van der Waals surface area contributed by atoms with Crippen LogP contribution in [-0.4, -0.2) is 110 Å². The number of fused-ring (bicyclic) bond motifs is 3. The average Bonchev–Trinajstić information content (AvgIpc) is 3.34. The lowest BCUT2D eigenvalue weighted by Gasteiger charge is -2.48. The number of hydrogen-bond donors (Lipinski definition) is 2. The molecule has 1 unspecified atom stereocenters. The van der Waals surface area contributed by atoms with E-state index in [0.29, 0.717) is 26.0 Å². The van der Waals surface area contributed by atoms with E-state index in [-0.39, 0.29) is 41.8 Å². The summed E-state index contributed by atoms with van der Waals surface area (Å²) in [5, 5.41) is 15.4. The Morgan fingerprint density at radius 2 is 1.79 bits per heavy atom. The molecule has 3 fully saturated rings. The van der Waals surface area contributed by atoms with E-state index in [1.54, 1.807) is 21.0 Å². The van der Waals surface area contributed by atoms with Crippen LogP contribution < -0.4 is 10.2 Å². The predicted octanol–water partition coefficient (Wildman–Crippen LogP) is 4.46. The summed E-state index contributed by atoms with van der Waals surface area (Å²) in [6.45, 7) is 16.2. The van der Waals surface area contributed by atoms with Crippen molar-refractivity contribution in [3.63, 3.8) is 0 Å². The molecule has 0 spiro atoms. The summed E-state index contributed by atoms with van der Waals surface area (Å²) in [5.74, 6) is -2.69. The lowest BCUT2D eigenvalue weighted by Crippen LogP contribution is -2.61. The van der Waals surface area contributed by atoms with E-state index in [2.05, 4.69) is 36.2 Å². The number of aliphatic hydroxyl groups excluding tert-OH is 1. The Bertz CT molecular complexity index is 1310. The number of anilines is 2. The van der Waals surface area contributed by atoms with Crippen molar-refractivity contribution in [2.45, 2.75) is 135 Å². The molecule has 2 bridgehead atoms. The molecule has 11 nitrogen and oxygen atoms in total. The van der Waals surface area contributed by atoms with Gasteiger partial charge in [0.25, 0.3) is 0 Å². The molecule has 1 aromatic carbocycles. The number of nitrogens with one attached hydrogen (secondary N) is 1. The highest BCUT2D eigenvalue weighted by Gasteiger charge is 2.58.